The van der Waals surface area contributed by atoms with Crippen LogP contribution in [0.5, 0.6) is 11.5 Å². The fourth-order valence-corrected chi connectivity index (χ4v) is 3.34. The van der Waals surface area contributed by atoms with Crippen molar-refractivity contribution in [3.63, 3.8) is 0 Å². The molecule has 2 saturated heterocycles. The van der Waals surface area contributed by atoms with E-state index in [2.05, 4.69) is 15.6 Å². The smallest absolute Gasteiger partial charge is 0.191 e. The minimum atomic E-state index is 0. The largest absolute Gasteiger partial charge is 0.497 e. The zero-order chi connectivity index (χ0) is 16.2. The maximum atomic E-state index is 5.88. The van der Waals surface area contributed by atoms with Crippen LogP contribution >= 0.6 is 24.0 Å². The normalized spacial score (nSPS) is 25.1. The number of guanidine groups is 1. The summed E-state index contributed by atoms with van der Waals surface area (Å²) in [7, 11) is 5.10. The van der Waals surface area contributed by atoms with Gasteiger partial charge in [-0.15, -0.1) is 24.0 Å². The average molecular weight is 447 g/mol. The van der Waals surface area contributed by atoms with Crippen LogP contribution in [0.2, 0.25) is 0 Å². The van der Waals surface area contributed by atoms with Gasteiger partial charge in [0, 0.05) is 25.2 Å². The Hall–Kier alpha value is -1.22. The molecule has 0 aromatic heterocycles. The minimum Gasteiger partial charge on any atom is -0.497 e. The van der Waals surface area contributed by atoms with Gasteiger partial charge in [0.25, 0.3) is 0 Å². The number of hydrogen-bond donors (Lipinski definition) is 2. The molecule has 0 saturated carbocycles. The number of ether oxygens (including phenoxy) is 3. The molecule has 2 heterocycles. The number of hydrogen-bond acceptors (Lipinski definition) is 4. The maximum absolute atomic E-state index is 5.88. The van der Waals surface area contributed by atoms with Crippen LogP contribution in [-0.4, -0.2) is 45.5 Å². The third-order valence-electron chi connectivity index (χ3n) is 4.59. The Morgan fingerprint density at radius 1 is 1.29 bits per heavy atom. The monoisotopic (exact) mass is 447 g/mol. The van der Waals surface area contributed by atoms with E-state index in [-0.39, 0.29) is 24.0 Å². The lowest BCUT2D eigenvalue weighted by atomic mass is 9.96. The lowest BCUT2D eigenvalue weighted by Crippen LogP contribution is -2.47. The van der Waals surface area contributed by atoms with Crippen LogP contribution in [0.3, 0.4) is 0 Å². The molecule has 2 aliphatic rings. The number of halogens is 1. The third kappa shape index (κ3) is 4.24. The molecule has 0 radical (unpaired) electrons. The highest BCUT2D eigenvalue weighted by Crippen LogP contribution is 2.34. The van der Waals surface area contributed by atoms with Gasteiger partial charge in [0.1, 0.15) is 11.5 Å². The summed E-state index contributed by atoms with van der Waals surface area (Å²) < 4.78 is 16.5. The van der Waals surface area contributed by atoms with Crippen molar-refractivity contribution in [1.82, 2.24) is 10.6 Å². The van der Waals surface area contributed by atoms with E-state index in [0.717, 1.165) is 35.9 Å². The van der Waals surface area contributed by atoms with Crippen molar-refractivity contribution in [2.24, 2.45) is 4.99 Å². The number of rotatable bonds is 5. The van der Waals surface area contributed by atoms with Crippen LogP contribution in [0.25, 0.3) is 0 Å². The van der Waals surface area contributed by atoms with Gasteiger partial charge in [0.2, 0.25) is 0 Å². The lowest BCUT2D eigenvalue weighted by Gasteiger charge is -2.23. The van der Waals surface area contributed by atoms with E-state index in [9.17, 15) is 0 Å². The van der Waals surface area contributed by atoms with Crippen LogP contribution in [0, 0.1) is 0 Å². The zero-order valence-electron chi connectivity index (χ0n) is 14.4. The average Bonchev–Trinajstić information content (AvgIpc) is 3.21. The van der Waals surface area contributed by atoms with E-state index < -0.39 is 0 Å². The number of methoxy groups -OCH3 is 2. The standard InChI is InChI=1S/C17H25N3O3.HI/c1-18-17(20-14-8-13-6-7-15(14)23-13)19-10-11-4-5-12(21-2)9-16(11)22-3;/h4-5,9,13-15H,6-8,10H2,1-3H3,(H2,18,19,20);1H. The molecule has 24 heavy (non-hydrogen) atoms. The molecule has 0 spiro atoms. The summed E-state index contributed by atoms with van der Waals surface area (Å²) in [6.45, 7) is 0.633. The van der Waals surface area contributed by atoms with E-state index in [4.69, 9.17) is 14.2 Å². The van der Waals surface area contributed by atoms with E-state index in [1.165, 1.54) is 6.42 Å². The maximum Gasteiger partial charge on any atom is 0.191 e. The fourth-order valence-electron chi connectivity index (χ4n) is 3.34. The van der Waals surface area contributed by atoms with Gasteiger partial charge in [-0.25, -0.2) is 0 Å². The van der Waals surface area contributed by atoms with Gasteiger partial charge >= 0.3 is 0 Å². The van der Waals surface area contributed by atoms with Crippen molar-refractivity contribution >= 4 is 29.9 Å². The molecule has 134 valence electrons. The van der Waals surface area contributed by atoms with E-state index in [0.29, 0.717) is 24.8 Å². The second-order valence-corrected chi connectivity index (χ2v) is 5.96. The highest BCUT2D eigenvalue weighted by atomic mass is 127. The first kappa shape index (κ1) is 19.1. The zero-order valence-corrected chi connectivity index (χ0v) is 16.7. The quantitative estimate of drug-likeness (QED) is 0.412. The van der Waals surface area contributed by atoms with Gasteiger partial charge in [-0.05, 0) is 31.4 Å². The highest BCUT2D eigenvalue weighted by molar-refractivity contribution is 14.0. The third-order valence-corrected chi connectivity index (χ3v) is 4.59. The molecule has 3 atom stereocenters. The number of nitrogens with zero attached hydrogens (tertiary/aromatic N) is 1. The van der Waals surface area contributed by atoms with Crippen LogP contribution < -0.4 is 20.1 Å². The Balaban J connectivity index is 0.00000208. The topological polar surface area (TPSA) is 64.1 Å². The van der Waals surface area contributed by atoms with Crippen molar-refractivity contribution in [2.45, 2.75) is 44.1 Å². The molecular formula is C17H26IN3O3. The molecule has 7 heteroatoms. The Morgan fingerprint density at radius 2 is 2.12 bits per heavy atom. The summed E-state index contributed by atoms with van der Waals surface area (Å²) in [6, 6.07) is 6.17. The Labute approximate surface area is 160 Å². The molecule has 1 aromatic carbocycles. The molecule has 0 aliphatic carbocycles. The summed E-state index contributed by atoms with van der Waals surface area (Å²) in [5.74, 6) is 2.38. The molecule has 2 N–H and O–H groups in total. The van der Waals surface area contributed by atoms with Crippen molar-refractivity contribution in [3.05, 3.63) is 23.8 Å². The molecule has 1 aromatic rings. The summed E-state index contributed by atoms with van der Waals surface area (Å²) in [6.07, 6.45) is 4.16. The molecule has 3 unspecified atom stereocenters. The first-order chi connectivity index (χ1) is 11.2. The van der Waals surface area contributed by atoms with Gasteiger partial charge in [0.05, 0.1) is 32.5 Å². The number of benzene rings is 1. The lowest BCUT2D eigenvalue weighted by molar-refractivity contribution is 0.0992. The summed E-state index contributed by atoms with van der Waals surface area (Å²) in [4.78, 5) is 4.31. The van der Waals surface area contributed by atoms with Crippen molar-refractivity contribution in [3.8, 4) is 11.5 Å². The SMILES string of the molecule is CN=C(NCc1ccc(OC)cc1OC)NC1CC2CCC1O2.I. The molecule has 3 rings (SSSR count). The Bertz CT molecular complexity index is 582. The Kier molecular flexibility index (Phi) is 6.97. The molecule has 0 amide bonds. The van der Waals surface area contributed by atoms with Gasteiger partial charge in [-0.3, -0.25) is 4.99 Å². The molecule has 2 bridgehead atoms. The van der Waals surface area contributed by atoms with E-state index in [1.54, 1.807) is 21.3 Å². The summed E-state index contributed by atoms with van der Waals surface area (Å²) >= 11 is 0. The first-order valence-electron chi connectivity index (χ1n) is 8.07. The molecule has 2 fully saturated rings. The van der Waals surface area contributed by atoms with Crippen LogP contribution in [-0.2, 0) is 11.3 Å². The molecule has 2 aliphatic heterocycles. The number of fused-ring (bicyclic) bond motifs is 2. The summed E-state index contributed by atoms with van der Waals surface area (Å²) in [5, 5.41) is 6.82. The number of aliphatic imine (C=N–C) groups is 1. The predicted molar refractivity (Wildman–Crippen MR) is 105 cm³/mol. The van der Waals surface area contributed by atoms with E-state index in [1.807, 2.05) is 18.2 Å². The van der Waals surface area contributed by atoms with Gasteiger partial charge in [-0.2, -0.15) is 0 Å². The first-order valence-corrected chi connectivity index (χ1v) is 8.07. The minimum absolute atomic E-state index is 0. The van der Waals surface area contributed by atoms with Crippen LogP contribution in [0.15, 0.2) is 23.2 Å². The summed E-state index contributed by atoms with van der Waals surface area (Å²) in [5.41, 5.74) is 1.06. The van der Waals surface area contributed by atoms with Crippen molar-refractivity contribution in [2.75, 3.05) is 21.3 Å². The van der Waals surface area contributed by atoms with E-state index >= 15 is 0 Å². The second kappa shape index (κ2) is 8.75. The van der Waals surface area contributed by atoms with Crippen molar-refractivity contribution < 1.29 is 14.2 Å². The predicted octanol–water partition coefficient (Wildman–Crippen LogP) is 2.31. The van der Waals surface area contributed by atoms with Gasteiger partial charge in [-0.1, -0.05) is 0 Å². The highest BCUT2D eigenvalue weighted by Gasteiger charge is 2.41. The molecule has 6 nitrogen and oxygen atoms in total. The number of nitrogens with one attached hydrogen (secondary N) is 2. The van der Waals surface area contributed by atoms with Crippen LogP contribution in [0.1, 0.15) is 24.8 Å². The fraction of sp³-hybridized carbons (Fsp3) is 0.588. The second-order valence-electron chi connectivity index (χ2n) is 5.96. The van der Waals surface area contributed by atoms with Gasteiger partial charge < -0.3 is 24.8 Å². The van der Waals surface area contributed by atoms with Crippen LogP contribution in [0.4, 0.5) is 0 Å². The van der Waals surface area contributed by atoms with Gasteiger partial charge in [0.15, 0.2) is 5.96 Å². The van der Waals surface area contributed by atoms with Crippen molar-refractivity contribution in [1.29, 1.82) is 0 Å². The molecular weight excluding hydrogens is 421 g/mol. The Morgan fingerprint density at radius 3 is 2.71 bits per heavy atom.